The first-order chi connectivity index (χ1) is 9.76. The van der Waals surface area contributed by atoms with Crippen LogP contribution in [-0.4, -0.2) is 54.2 Å². The van der Waals surface area contributed by atoms with Gasteiger partial charge in [-0.2, -0.15) is 11.8 Å². The van der Waals surface area contributed by atoms with Crippen LogP contribution in [0.2, 0.25) is 0 Å². The fourth-order valence-corrected chi connectivity index (χ4v) is 3.88. The van der Waals surface area contributed by atoms with Crippen molar-refractivity contribution < 1.29 is 4.74 Å². The number of hydrogen-bond acceptors (Lipinski definition) is 3. The molecule has 1 heterocycles. The lowest BCUT2D eigenvalue weighted by Gasteiger charge is -2.36. The molecule has 5 heteroatoms. The first-order valence-corrected chi connectivity index (χ1v) is 9.18. The number of ether oxygens (including phenoxy) is 1. The third-order valence-electron chi connectivity index (χ3n) is 4.24. The monoisotopic (exact) mass is 299 g/mol. The third kappa shape index (κ3) is 4.55. The Balaban J connectivity index is 1.92. The molecule has 4 nitrogen and oxygen atoms in total. The lowest BCUT2D eigenvalue weighted by molar-refractivity contribution is -0.0625. The van der Waals surface area contributed by atoms with Crippen molar-refractivity contribution in [2.75, 3.05) is 37.7 Å². The second-order valence-electron chi connectivity index (χ2n) is 5.87. The van der Waals surface area contributed by atoms with Crippen LogP contribution in [0.25, 0.3) is 0 Å². The van der Waals surface area contributed by atoms with Gasteiger partial charge in [0.15, 0.2) is 5.96 Å². The molecular weight excluding hydrogens is 270 g/mol. The molecule has 2 N–H and O–H groups in total. The van der Waals surface area contributed by atoms with Crippen molar-refractivity contribution in [3.63, 3.8) is 0 Å². The molecule has 116 valence electrons. The van der Waals surface area contributed by atoms with Gasteiger partial charge in [-0.15, -0.1) is 0 Å². The highest BCUT2D eigenvalue weighted by atomic mass is 32.2. The molecule has 2 fully saturated rings. The Kier molecular flexibility index (Phi) is 6.49. The molecule has 1 saturated carbocycles. The van der Waals surface area contributed by atoms with E-state index in [2.05, 4.69) is 16.8 Å². The van der Waals surface area contributed by atoms with Crippen LogP contribution in [0.5, 0.6) is 0 Å². The van der Waals surface area contributed by atoms with Crippen molar-refractivity contribution in [1.82, 2.24) is 4.90 Å². The van der Waals surface area contributed by atoms with Crippen molar-refractivity contribution in [3.05, 3.63) is 0 Å². The Morgan fingerprint density at radius 2 is 1.95 bits per heavy atom. The molecule has 0 aromatic rings. The van der Waals surface area contributed by atoms with Crippen LogP contribution >= 0.6 is 11.8 Å². The van der Waals surface area contributed by atoms with Gasteiger partial charge in [-0.1, -0.05) is 26.2 Å². The minimum atomic E-state index is -0.0383. The predicted octanol–water partition coefficient (Wildman–Crippen LogP) is 2.48. The normalized spacial score (nSPS) is 23.9. The molecule has 20 heavy (non-hydrogen) atoms. The van der Waals surface area contributed by atoms with Crippen LogP contribution in [0, 0.1) is 0 Å². The number of hydrogen-bond donors (Lipinski definition) is 1. The van der Waals surface area contributed by atoms with Crippen LogP contribution in [0.15, 0.2) is 4.99 Å². The molecule has 0 unspecified atom stereocenters. The smallest absolute Gasteiger partial charge is 0.191 e. The van der Waals surface area contributed by atoms with E-state index in [0.29, 0.717) is 0 Å². The summed E-state index contributed by atoms with van der Waals surface area (Å²) in [5, 5.41) is 0. The second kappa shape index (κ2) is 8.13. The number of thioether (sulfide) groups is 1. The zero-order chi connectivity index (χ0) is 14.3. The number of nitrogens with zero attached hydrogens (tertiary/aromatic N) is 2. The van der Waals surface area contributed by atoms with Crippen molar-refractivity contribution in [1.29, 1.82) is 0 Å². The summed E-state index contributed by atoms with van der Waals surface area (Å²) >= 11 is 2.00. The first kappa shape index (κ1) is 16.0. The number of rotatable bonds is 5. The highest BCUT2D eigenvalue weighted by molar-refractivity contribution is 7.99. The molecule has 0 aromatic heterocycles. The van der Waals surface area contributed by atoms with Gasteiger partial charge < -0.3 is 15.4 Å². The average Bonchev–Trinajstić information content (AvgIpc) is 2.52. The van der Waals surface area contributed by atoms with Crippen LogP contribution in [0.3, 0.4) is 0 Å². The summed E-state index contributed by atoms with van der Waals surface area (Å²) in [7, 11) is 0. The van der Waals surface area contributed by atoms with Gasteiger partial charge >= 0.3 is 0 Å². The van der Waals surface area contributed by atoms with E-state index in [0.717, 1.165) is 63.0 Å². The topological polar surface area (TPSA) is 50.9 Å². The van der Waals surface area contributed by atoms with Crippen LogP contribution < -0.4 is 5.73 Å². The Labute approximate surface area is 127 Å². The highest BCUT2D eigenvalue weighted by Crippen LogP contribution is 2.32. The molecule has 0 amide bonds. The maximum atomic E-state index is 6.17. The van der Waals surface area contributed by atoms with E-state index >= 15 is 0 Å². The fourth-order valence-electron chi connectivity index (χ4n) is 2.98. The summed E-state index contributed by atoms with van der Waals surface area (Å²) in [6.45, 7) is 5.81. The average molecular weight is 299 g/mol. The third-order valence-corrected chi connectivity index (χ3v) is 5.18. The van der Waals surface area contributed by atoms with E-state index in [-0.39, 0.29) is 5.60 Å². The van der Waals surface area contributed by atoms with Crippen LogP contribution in [0.1, 0.15) is 45.4 Å². The quantitative estimate of drug-likeness (QED) is 0.626. The minimum absolute atomic E-state index is 0.0383. The van der Waals surface area contributed by atoms with Crippen molar-refractivity contribution in [2.24, 2.45) is 10.7 Å². The Morgan fingerprint density at radius 1 is 1.25 bits per heavy atom. The summed E-state index contributed by atoms with van der Waals surface area (Å²) in [6, 6.07) is 0. The maximum Gasteiger partial charge on any atom is 0.191 e. The summed E-state index contributed by atoms with van der Waals surface area (Å²) in [6.07, 6.45) is 7.21. The Morgan fingerprint density at radius 3 is 2.60 bits per heavy atom. The molecule has 1 saturated heterocycles. The van der Waals surface area contributed by atoms with Gasteiger partial charge in [0.2, 0.25) is 0 Å². The SMILES string of the molecule is CCCOC1(CN=C(N)N2CCSCC2)CCCCC1. The minimum Gasteiger partial charge on any atom is -0.373 e. The van der Waals surface area contributed by atoms with E-state index in [1.807, 2.05) is 11.8 Å². The maximum absolute atomic E-state index is 6.17. The number of aliphatic imine (C=N–C) groups is 1. The lowest BCUT2D eigenvalue weighted by Crippen LogP contribution is -2.45. The molecule has 0 bridgehead atoms. The van der Waals surface area contributed by atoms with Gasteiger partial charge in [0.25, 0.3) is 0 Å². The zero-order valence-electron chi connectivity index (χ0n) is 12.8. The lowest BCUT2D eigenvalue weighted by atomic mass is 9.84. The molecule has 2 rings (SSSR count). The summed E-state index contributed by atoms with van der Waals surface area (Å²) < 4.78 is 6.17. The Bertz CT molecular complexity index is 310. The first-order valence-electron chi connectivity index (χ1n) is 8.02. The largest absolute Gasteiger partial charge is 0.373 e. The molecule has 2 aliphatic rings. The van der Waals surface area contributed by atoms with Crippen molar-refractivity contribution >= 4 is 17.7 Å². The molecule has 0 spiro atoms. The second-order valence-corrected chi connectivity index (χ2v) is 7.09. The number of guanidine groups is 1. The summed E-state index contributed by atoms with van der Waals surface area (Å²) in [4.78, 5) is 6.90. The highest BCUT2D eigenvalue weighted by Gasteiger charge is 2.32. The van der Waals surface area contributed by atoms with Gasteiger partial charge in [0.05, 0.1) is 12.1 Å². The molecule has 0 atom stereocenters. The van der Waals surface area contributed by atoms with Gasteiger partial charge in [0, 0.05) is 31.2 Å². The molecule has 1 aliphatic carbocycles. The molecular formula is C15H29N3OS. The van der Waals surface area contributed by atoms with Crippen LogP contribution in [0.4, 0.5) is 0 Å². The predicted molar refractivity (Wildman–Crippen MR) is 87.4 cm³/mol. The van der Waals surface area contributed by atoms with Gasteiger partial charge in [-0.25, -0.2) is 0 Å². The molecule has 1 aliphatic heterocycles. The molecule has 0 aromatic carbocycles. The van der Waals surface area contributed by atoms with Gasteiger partial charge in [0.1, 0.15) is 0 Å². The summed E-state index contributed by atoms with van der Waals surface area (Å²) in [5.74, 6) is 3.04. The molecule has 0 radical (unpaired) electrons. The standard InChI is InChI=1S/C15H29N3OS/c1-2-10-19-15(6-4-3-5-7-15)13-17-14(16)18-8-11-20-12-9-18/h2-13H2,1H3,(H2,16,17). The number of nitrogens with two attached hydrogens (primary N) is 1. The van der Waals surface area contributed by atoms with E-state index in [9.17, 15) is 0 Å². The zero-order valence-corrected chi connectivity index (χ0v) is 13.6. The van der Waals surface area contributed by atoms with E-state index in [1.54, 1.807) is 0 Å². The van der Waals surface area contributed by atoms with Crippen molar-refractivity contribution in [2.45, 2.75) is 51.0 Å². The van der Waals surface area contributed by atoms with E-state index in [1.165, 1.54) is 19.3 Å². The van der Waals surface area contributed by atoms with E-state index < -0.39 is 0 Å². The fraction of sp³-hybridized carbons (Fsp3) is 0.933. The Hall–Kier alpha value is -0.420. The van der Waals surface area contributed by atoms with Gasteiger partial charge in [-0.05, 0) is 19.3 Å². The van der Waals surface area contributed by atoms with E-state index in [4.69, 9.17) is 10.5 Å². The van der Waals surface area contributed by atoms with Crippen LogP contribution in [-0.2, 0) is 4.74 Å². The van der Waals surface area contributed by atoms with Crippen molar-refractivity contribution in [3.8, 4) is 0 Å². The summed E-state index contributed by atoms with van der Waals surface area (Å²) in [5.41, 5.74) is 6.13. The van der Waals surface area contributed by atoms with Gasteiger partial charge in [-0.3, -0.25) is 4.99 Å².